The molecule has 4 heteroatoms. The van der Waals surface area contributed by atoms with E-state index in [1.807, 2.05) is 36.4 Å². The molecule has 27 heavy (non-hydrogen) atoms. The van der Waals surface area contributed by atoms with Crippen LogP contribution in [0.4, 0.5) is 0 Å². The Morgan fingerprint density at radius 1 is 0.963 bits per heavy atom. The lowest BCUT2D eigenvalue weighted by molar-refractivity contribution is 0.0601. The van der Waals surface area contributed by atoms with E-state index in [4.69, 9.17) is 27.9 Å². The molecule has 4 rings (SSSR count). The lowest BCUT2D eigenvalue weighted by Gasteiger charge is -2.16. The van der Waals surface area contributed by atoms with Gasteiger partial charge in [-0.15, -0.1) is 0 Å². The monoisotopic (exact) mass is 396 g/mol. The van der Waals surface area contributed by atoms with E-state index >= 15 is 0 Å². The lowest BCUT2D eigenvalue weighted by Crippen LogP contribution is -2.01. The third-order valence-electron chi connectivity index (χ3n) is 5.17. The molecule has 0 heterocycles. The highest BCUT2D eigenvalue weighted by atomic mass is 35.5. The Kier molecular flexibility index (Phi) is 4.94. The van der Waals surface area contributed by atoms with Crippen LogP contribution in [0.1, 0.15) is 39.4 Å². The molecule has 0 fully saturated rings. The number of hydrogen-bond donors (Lipinski definition) is 0. The maximum absolute atomic E-state index is 11.8. The highest BCUT2D eigenvalue weighted by Gasteiger charge is 2.26. The number of esters is 1. The van der Waals surface area contributed by atoms with Crippen molar-refractivity contribution in [3.63, 3.8) is 0 Å². The van der Waals surface area contributed by atoms with Gasteiger partial charge in [-0.05, 0) is 71.0 Å². The SMILES string of the molecule is COC(=O)c1cccc(-c2ccc3c(c2)C(c2cc(Cl)ccc2Cl)CC3)c1. The molecule has 0 N–H and O–H groups in total. The highest BCUT2D eigenvalue weighted by Crippen LogP contribution is 2.43. The van der Waals surface area contributed by atoms with Crippen LogP contribution in [-0.4, -0.2) is 13.1 Å². The summed E-state index contributed by atoms with van der Waals surface area (Å²) in [6, 6.07) is 19.6. The average Bonchev–Trinajstić information content (AvgIpc) is 3.12. The molecular weight excluding hydrogens is 379 g/mol. The van der Waals surface area contributed by atoms with E-state index in [2.05, 4.69) is 18.2 Å². The topological polar surface area (TPSA) is 26.3 Å². The van der Waals surface area contributed by atoms with Crippen molar-refractivity contribution >= 4 is 29.2 Å². The van der Waals surface area contributed by atoms with Crippen LogP contribution in [0.3, 0.4) is 0 Å². The summed E-state index contributed by atoms with van der Waals surface area (Å²) in [5.74, 6) is -0.100. The summed E-state index contributed by atoms with van der Waals surface area (Å²) in [5.41, 5.74) is 6.30. The minimum Gasteiger partial charge on any atom is -0.465 e. The normalized spacial score (nSPS) is 15.4. The van der Waals surface area contributed by atoms with Gasteiger partial charge in [-0.3, -0.25) is 0 Å². The number of aryl methyl sites for hydroxylation is 1. The number of carbonyl (C=O) groups is 1. The molecule has 0 bridgehead atoms. The first-order valence-corrected chi connectivity index (χ1v) is 9.59. The Morgan fingerprint density at radius 3 is 2.59 bits per heavy atom. The predicted molar refractivity (Wildman–Crippen MR) is 110 cm³/mol. The summed E-state index contributed by atoms with van der Waals surface area (Å²) in [6.45, 7) is 0. The van der Waals surface area contributed by atoms with Crippen LogP contribution in [0.25, 0.3) is 11.1 Å². The third-order valence-corrected chi connectivity index (χ3v) is 5.75. The van der Waals surface area contributed by atoms with Crippen LogP contribution >= 0.6 is 23.2 Å². The first kappa shape index (κ1) is 18.1. The molecule has 1 aliphatic rings. The van der Waals surface area contributed by atoms with Crippen LogP contribution < -0.4 is 0 Å². The third kappa shape index (κ3) is 3.47. The van der Waals surface area contributed by atoms with Gasteiger partial charge in [0.25, 0.3) is 0 Å². The van der Waals surface area contributed by atoms with E-state index in [-0.39, 0.29) is 11.9 Å². The summed E-state index contributed by atoms with van der Waals surface area (Å²) >= 11 is 12.7. The minimum absolute atomic E-state index is 0.231. The Labute approximate surface area is 168 Å². The van der Waals surface area contributed by atoms with Gasteiger partial charge < -0.3 is 4.74 Å². The van der Waals surface area contributed by atoms with Gasteiger partial charge in [0.2, 0.25) is 0 Å². The van der Waals surface area contributed by atoms with Gasteiger partial charge in [0.1, 0.15) is 0 Å². The van der Waals surface area contributed by atoms with Crippen LogP contribution in [0, 0.1) is 0 Å². The van der Waals surface area contributed by atoms with Crippen LogP contribution in [-0.2, 0) is 11.2 Å². The van der Waals surface area contributed by atoms with Gasteiger partial charge in [0.15, 0.2) is 0 Å². The Balaban J connectivity index is 1.76. The zero-order valence-electron chi connectivity index (χ0n) is 14.8. The molecule has 0 aromatic heterocycles. The zero-order chi connectivity index (χ0) is 19.0. The molecule has 3 aromatic rings. The maximum Gasteiger partial charge on any atom is 0.337 e. The molecule has 1 aliphatic carbocycles. The van der Waals surface area contributed by atoms with Gasteiger partial charge in [0, 0.05) is 16.0 Å². The van der Waals surface area contributed by atoms with Crippen molar-refractivity contribution in [1.82, 2.24) is 0 Å². The summed E-state index contributed by atoms with van der Waals surface area (Å²) in [6.07, 6.45) is 2.03. The van der Waals surface area contributed by atoms with E-state index in [9.17, 15) is 4.79 Å². The largest absolute Gasteiger partial charge is 0.465 e. The van der Waals surface area contributed by atoms with Crippen LogP contribution in [0.5, 0.6) is 0 Å². The fraction of sp³-hybridized carbons (Fsp3) is 0.174. The minimum atomic E-state index is -0.332. The fourth-order valence-corrected chi connectivity index (χ4v) is 4.26. The Morgan fingerprint density at radius 2 is 1.78 bits per heavy atom. The summed E-state index contributed by atoms with van der Waals surface area (Å²) < 4.78 is 4.83. The van der Waals surface area contributed by atoms with Crippen molar-refractivity contribution in [3.8, 4) is 11.1 Å². The van der Waals surface area contributed by atoms with E-state index in [0.717, 1.165) is 34.6 Å². The Bertz CT molecular complexity index is 1030. The van der Waals surface area contributed by atoms with Gasteiger partial charge >= 0.3 is 5.97 Å². The molecule has 0 spiro atoms. The lowest BCUT2D eigenvalue weighted by atomic mass is 9.90. The molecule has 136 valence electrons. The molecule has 3 aromatic carbocycles. The number of hydrogen-bond acceptors (Lipinski definition) is 2. The number of benzene rings is 3. The summed E-state index contributed by atoms with van der Waals surface area (Å²) in [7, 11) is 1.39. The number of halogens is 2. The van der Waals surface area contributed by atoms with Gasteiger partial charge in [-0.25, -0.2) is 4.79 Å². The molecule has 1 unspecified atom stereocenters. The van der Waals surface area contributed by atoms with E-state index in [0.29, 0.717) is 10.6 Å². The van der Waals surface area contributed by atoms with Crippen LogP contribution in [0.2, 0.25) is 10.0 Å². The van der Waals surface area contributed by atoms with Crippen molar-refractivity contribution in [3.05, 3.63) is 93.0 Å². The summed E-state index contributed by atoms with van der Waals surface area (Å²) in [4.78, 5) is 11.8. The second-order valence-electron chi connectivity index (χ2n) is 6.74. The second kappa shape index (κ2) is 7.38. The van der Waals surface area contributed by atoms with Gasteiger partial charge in [0.05, 0.1) is 12.7 Å². The predicted octanol–water partition coefficient (Wildman–Crippen LogP) is 6.53. The molecule has 0 aliphatic heterocycles. The molecular formula is C23H18Cl2O2. The molecule has 0 amide bonds. The van der Waals surface area contributed by atoms with Crippen LogP contribution in [0.15, 0.2) is 60.7 Å². The number of carbonyl (C=O) groups excluding carboxylic acids is 1. The van der Waals surface area contributed by atoms with Gasteiger partial charge in [-0.1, -0.05) is 53.5 Å². The molecule has 2 nitrogen and oxygen atoms in total. The molecule has 1 atom stereocenters. The fourth-order valence-electron chi connectivity index (χ4n) is 3.83. The number of fused-ring (bicyclic) bond motifs is 1. The standard InChI is InChI=1S/C23H18Cl2O2/c1-27-23(26)17-4-2-3-15(11-17)16-6-5-14-7-9-19(20(14)12-16)21-13-18(24)8-10-22(21)25/h2-6,8,10-13,19H,7,9H2,1H3. The van der Waals surface area contributed by atoms with Crippen molar-refractivity contribution in [2.24, 2.45) is 0 Å². The highest BCUT2D eigenvalue weighted by molar-refractivity contribution is 6.33. The van der Waals surface area contributed by atoms with Crippen molar-refractivity contribution in [2.75, 3.05) is 7.11 Å². The van der Waals surface area contributed by atoms with Crippen molar-refractivity contribution in [1.29, 1.82) is 0 Å². The second-order valence-corrected chi connectivity index (χ2v) is 7.59. The van der Waals surface area contributed by atoms with E-state index in [1.165, 1.54) is 18.2 Å². The zero-order valence-corrected chi connectivity index (χ0v) is 16.3. The Hall–Kier alpha value is -2.29. The number of ether oxygens (including phenoxy) is 1. The van der Waals surface area contributed by atoms with Crippen molar-refractivity contribution in [2.45, 2.75) is 18.8 Å². The first-order valence-electron chi connectivity index (χ1n) is 8.83. The quantitative estimate of drug-likeness (QED) is 0.470. The summed E-state index contributed by atoms with van der Waals surface area (Å²) in [5, 5.41) is 1.44. The average molecular weight is 397 g/mol. The number of methoxy groups -OCH3 is 1. The molecule has 0 radical (unpaired) electrons. The van der Waals surface area contributed by atoms with Crippen molar-refractivity contribution < 1.29 is 9.53 Å². The molecule has 0 saturated carbocycles. The smallest absolute Gasteiger partial charge is 0.337 e. The maximum atomic E-state index is 11.8. The first-order chi connectivity index (χ1) is 13.1. The number of rotatable bonds is 3. The molecule has 0 saturated heterocycles. The van der Waals surface area contributed by atoms with E-state index < -0.39 is 0 Å². The van der Waals surface area contributed by atoms with E-state index in [1.54, 1.807) is 6.07 Å². The van der Waals surface area contributed by atoms with Gasteiger partial charge in [-0.2, -0.15) is 0 Å².